The van der Waals surface area contributed by atoms with E-state index in [4.69, 9.17) is 4.74 Å². The van der Waals surface area contributed by atoms with Crippen molar-refractivity contribution in [3.8, 4) is 0 Å². The molecule has 3 atom stereocenters. The number of carbonyl (C=O) groups excluding carboxylic acids is 1. The van der Waals surface area contributed by atoms with Gasteiger partial charge in [-0.05, 0) is 44.2 Å². The highest BCUT2D eigenvalue weighted by molar-refractivity contribution is 5.74. The first-order valence-electron chi connectivity index (χ1n) is 9.39. The molecule has 6 nitrogen and oxygen atoms in total. The molecule has 3 unspecified atom stereocenters. The largest absolute Gasteiger partial charge is 0.372 e. The van der Waals surface area contributed by atoms with Crippen LogP contribution in [-0.2, 0) is 11.3 Å². The van der Waals surface area contributed by atoms with Gasteiger partial charge in [0.1, 0.15) is 5.82 Å². The number of rotatable bonds is 3. The van der Waals surface area contributed by atoms with E-state index in [-0.39, 0.29) is 18.2 Å². The summed E-state index contributed by atoms with van der Waals surface area (Å²) in [6, 6.07) is 4.12. The number of urea groups is 1. The van der Waals surface area contributed by atoms with Gasteiger partial charge in [0.15, 0.2) is 0 Å². The van der Waals surface area contributed by atoms with Crippen molar-refractivity contribution in [1.29, 1.82) is 0 Å². The molecule has 2 saturated heterocycles. The van der Waals surface area contributed by atoms with E-state index >= 15 is 0 Å². The molecule has 0 radical (unpaired) electrons. The van der Waals surface area contributed by atoms with Crippen LogP contribution in [0.1, 0.15) is 39.2 Å². The van der Waals surface area contributed by atoms with E-state index in [1.807, 2.05) is 23.2 Å². The molecular weight excluding hydrogens is 316 g/mol. The predicted octanol–water partition coefficient (Wildman–Crippen LogP) is 2.64. The topological polar surface area (TPSA) is 57.7 Å². The number of carbonyl (C=O) groups is 1. The highest BCUT2D eigenvalue weighted by Gasteiger charge is 2.23. The fraction of sp³-hybridized carbons (Fsp3) is 0.684. The van der Waals surface area contributed by atoms with Gasteiger partial charge in [0.2, 0.25) is 0 Å². The lowest BCUT2D eigenvalue weighted by atomic mass is 10.0. The van der Waals surface area contributed by atoms with Gasteiger partial charge in [-0.3, -0.25) is 0 Å². The molecule has 0 aromatic carbocycles. The molecule has 0 aliphatic carbocycles. The first kappa shape index (κ1) is 18.0. The van der Waals surface area contributed by atoms with Crippen LogP contribution in [0.2, 0.25) is 0 Å². The van der Waals surface area contributed by atoms with Crippen molar-refractivity contribution in [2.24, 2.45) is 5.92 Å². The number of pyridine rings is 1. The summed E-state index contributed by atoms with van der Waals surface area (Å²) < 4.78 is 5.77. The van der Waals surface area contributed by atoms with E-state index in [0.717, 1.165) is 44.0 Å². The van der Waals surface area contributed by atoms with Gasteiger partial charge < -0.3 is 19.9 Å². The molecule has 25 heavy (non-hydrogen) atoms. The van der Waals surface area contributed by atoms with Crippen LogP contribution >= 0.6 is 0 Å². The van der Waals surface area contributed by atoms with Gasteiger partial charge in [-0.15, -0.1) is 0 Å². The molecule has 1 aromatic rings. The van der Waals surface area contributed by atoms with Crippen molar-refractivity contribution in [1.82, 2.24) is 15.2 Å². The van der Waals surface area contributed by atoms with Crippen LogP contribution in [0.15, 0.2) is 18.3 Å². The summed E-state index contributed by atoms with van der Waals surface area (Å²) in [6.45, 7) is 10.3. The second-order valence-electron chi connectivity index (χ2n) is 7.54. The van der Waals surface area contributed by atoms with E-state index < -0.39 is 0 Å². The Morgan fingerprint density at radius 3 is 2.64 bits per heavy atom. The average Bonchev–Trinajstić information content (AvgIpc) is 2.59. The Hall–Kier alpha value is -1.82. The summed E-state index contributed by atoms with van der Waals surface area (Å²) in [5.74, 6) is 1.57. The molecule has 0 spiro atoms. The smallest absolute Gasteiger partial charge is 0.317 e. The molecule has 2 aliphatic rings. The summed E-state index contributed by atoms with van der Waals surface area (Å²) in [5.41, 5.74) is 1.02. The molecule has 2 amide bonds. The third kappa shape index (κ3) is 4.84. The molecule has 0 bridgehead atoms. The minimum Gasteiger partial charge on any atom is -0.372 e. The number of hydrogen-bond acceptors (Lipinski definition) is 4. The lowest BCUT2D eigenvalue weighted by Gasteiger charge is -2.36. The Bertz CT molecular complexity index is 567. The standard InChI is InChI=1S/C19H30N4O2/c1-14-5-4-8-22(11-14)19(24)21-10-17-6-7-18(20-9-17)23-12-15(2)25-16(3)13-23/h6-7,9,14-16H,4-5,8,10-13H2,1-3H3,(H,21,24). The van der Waals surface area contributed by atoms with E-state index in [9.17, 15) is 4.79 Å². The van der Waals surface area contributed by atoms with Crippen LogP contribution in [0.3, 0.4) is 0 Å². The van der Waals surface area contributed by atoms with Gasteiger partial charge >= 0.3 is 6.03 Å². The molecule has 138 valence electrons. The van der Waals surface area contributed by atoms with E-state index in [2.05, 4.69) is 36.0 Å². The lowest BCUT2D eigenvalue weighted by molar-refractivity contribution is -0.00546. The number of amides is 2. The van der Waals surface area contributed by atoms with E-state index in [1.165, 1.54) is 6.42 Å². The SMILES string of the molecule is CC1CCCN(C(=O)NCc2ccc(N3CC(C)OC(C)C3)nc2)C1. The number of hydrogen-bond donors (Lipinski definition) is 1. The minimum absolute atomic E-state index is 0.0338. The Kier molecular flexibility index (Phi) is 5.78. The summed E-state index contributed by atoms with van der Waals surface area (Å²) in [5, 5.41) is 3.02. The molecule has 6 heteroatoms. The highest BCUT2D eigenvalue weighted by atomic mass is 16.5. The van der Waals surface area contributed by atoms with Crippen molar-refractivity contribution in [2.75, 3.05) is 31.1 Å². The molecule has 2 aliphatic heterocycles. The maximum atomic E-state index is 12.3. The first-order valence-corrected chi connectivity index (χ1v) is 9.39. The number of nitrogens with zero attached hydrogens (tertiary/aromatic N) is 3. The summed E-state index contributed by atoms with van der Waals surface area (Å²) in [4.78, 5) is 21.0. The number of nitrogens with one attached hydrogen (secondary N) is 1. The van der Waals surface area contributed by atoms with Gasteiger partial charge in [0.05, 0.1) is 12.2 Å². The van der Waals surface area contributed by atoms with Crippen LogP contribution in [0.5, 0.6) is 0 Å². The molecule has 1 N–H and O–H groups in total. The number of aromatic nitrogens is 1. The fourth-order valence-electron chi connectivity index (χ4n) is 3.74. The molecule has 0 saturated carbocycles. The highest BCUT2D eigenvalue weighted by Crippen LogP contribution is 2.19. The van der Waals surface area contributed by atoms with Gasteiger partial charge in [-0.2, -0.15) is 0 Å². The maximum Gasteiger partial charge on any atom is 0.317 e. The Balaban J connectivity index is 1.51. The van der Waals surface area contributed by atoms with Crippen LogP contribution < -0.4 is 10.2 Å². The van der Waals surface area contributed by atoms with Crippen LogP contribution in [-0.4, -0.2) is 54.3 Å². The zero-order valence-electron chi connectivity index (χ0n) is 15.6. The molecule has 2 fully saturated rings. The number of anilines is 1. The molecule has 1 aromatic heterocycles. The number of likely N-dealkylation sites (tertiary alicyclic amines) is 1. The van der Waals surface area contributed by atoms with Crippen molar-refractivity contribution in [3.63, 3.8) is 0 Å². The Morgan fingerprint density at radius 2 is 2.00 bits per heavy atom. The quantitative estimate of drug-likeness (QED) is 0.914. The Morgan fingerprint density at radius 1 is 1.24 bits per heavy atom. The lowest BCUT2D eigenvalue weighted by Crippen LogP contribution is -2.45. The predicted molar refractivity (Wildman–Crippen MR) is 98.7 cm³/mol. The van der Waals surface area contributed by atoms with Gasteiger partial charge in [0, 0.05) is 38.9 Å². The summed E-state index contributed by atoms with van der Waals surface area (Å²) >= 11 is 0. The molecular formula is C19H30N4O2. The molecule has 3 rings (SSSR count). The van der Waals surface area contributed by atoms with Gasteiger partial charge in [0.25, 0.3) is 0 Å². The zero-order valence-corrected chi connectivity index (χ0v) is 15.6. The monoisotopic (exact) mass is 346 g/mol. The van der Waals surface area contributed by atoms with E-state index in [0.29, 0.717) is 12.5 Å². The second-order valence-corrected chi connectivity index (χ2v) is 7.54. The van der Waals surface area contributed by atoms with Crippen molar-refractivity contribution >= 4 is 11.8 Å². The van der Waals surface area contributed by atoms with Crippen molar-refractivity contribution in [3.05, 3.63) is 23.9 Å². The van der Waals surface area contributed by atoms with E-state index in [1.54, 1.807) is 0 Å². The Labute approximate surface area is 150 Å². The minimum atomic E-state index is 0.0338. The fourth-order valence-corrected chi connectivity index (χ4v) is 3.74. The zero-order chi connectivity index (χ0) is 17.8. The van der Waals surface area contributed by atoms with Crippen molar-refractivity contribution in [2.45, 2.75) is 52.4 Å². The number of piperidine rings is 1. The first-order chi connectivity index (χ1) is 12.0. The average molecular weight is 346 g/mol. The number of morpholine rings is 1. The van der Waals surface area contributed by atoms with Crippen LogP contribution in [0.4, 0.5) is 10.6 Å². The third-order valence-corrected chi connectivity index (χ3v) is 4.94. The van der Waals surface area contributed by atoms with Gasteiger partial charge in [-0.25, -0.2) is 9.78 Å². The maximum absolute atomic E-state index is 12.3. The second kappa shape index (κ2) is 8.04. The van der Waals surface area contributed by atoms with Crippen molar-refractivity contribution < 1.29 is 9.53 Å². The normalized spacial score (nSPS) is 27.2. The van der Waals surface area contributed by atoms with Gasteiger partial charge in [-0.1, -0.05) is 13.0 Å². The van der Waals surface area contributed by atoms with Crippen LogP contribution in [0, 0.1) is 5.92 Å². The summed E-state index contributed by atoms with van der Waals surface area (Å²) in [7, 11) is 0. The third-order valence-electron chi connectivity index (χ3n) is 4.94. The van der Waals surface area contributed by atoms with Crippen LogP contribution in [0.25, 0.3) is 0 Å². The molecule has 3 heterocycles. The number of ether oxygens (including phenoxy) is 1. The summed E-state index contributed by atoms with van der Waals surface area (Å²) in [6.07, 6.45) is 4.61.